The van der Waals surface area contributed by atoms with Crippen LogP contribution < -0.4 is 22.1 Å². The fourth-order valence-electron chi connectivity index (χ4n) is 2.58. The smallest absolute Gasteiger partial charge is 0.326 e. The molecule has 0 aromatic heterocycles. The molecule has 0 aliphatic carbocycles. The quantitative estimate of drug-likeness (QED) is 0.189. The van der Waals surface area contributed by atoms with Gasteiger partial charge >= 0.3 is 11.9 Å². The number of rotatable bonds is 13. The van der Waals surface area contributed by atoms with Crippen LogP contribution in [0.4, 0.5) is 0 Å². The van der Waals surface area contributed by atoms with Crippen LogP contribution in [0.5, 0.6) is 5.75 Å². The van der Waals surface area contributed by atoms with Gasteiger partial charge in [0.05, 0.1) is 6.04 Å². The molecule has 170 valence electrons. The van der Waals surface area contributed by atoms with Crippen LogP contribution in [0.1, 0.15) is 31.2 Å². The zero-order valence-corrected chi connectivity index (χ0v) is 16.6. The van der Waals surface area contributed by atoms with Crippen LogP contribution in [-0.2, 0) is 30.4 Å². The molecule has 3 amide bonds. The topological polar surface area (TPSA) is 222 Å². The van der Waals surface area contributed by atoms with Gasteiger partial charge < -0.3 is 37.4 Å². The molecule has 31 heavy (non-hydrogen) atoms. The Kier molecular flexibility index (Phi) is 9.92. The molecule has 0 spiro atoms. The van der Waals surface area contributed by atoms with Gasteiger partial charge in [-0.2, -0.15) is 0 Å². The van der Waals surface area contributed by atoms with Crippen LogP contribution in [-0.4, -0.2) is 63.1 Å². The van der Waals surface area contributed by atoms with Crippen molar-refractivity contribution >= 4 is 29.7 Å². The van der Waals surface area contributed by atoms with Crippen LogP contribution in [0.15, 0.2) is 24.3 Å². The summed E-state index contributed by atoms with van der Waals surface area (Å²) in [5.74, 6) is -4.95. The van der Waals surface area contributed by atoms with Crippen molar-refractivity contribution in [3.05, 3.63) is 29.8 Å². The van der Waals surface area contributed by atoms with Crippen LogP contribution >= 0.6 is 0 Å². The number of carboxylic acid groups (broad SMARTS) is 2. The summed E-state index contributed by atoms with van der Waals surface area (Å²) in [5, 5.41) is 32.2. The molecule has 9 N–H and O–H groups in total. The summed E-state index contributed by atoms with van der Waals surface area (Å²) in [6.07, 6.45) is -1.12. The fourth-order valence-corrected chi connectivity index (χ4v) is 2.58. The Morgan fingerprint density at radius 1 is 0.871 bits per heavy atom. The lowest BCUT2D eigenvalue weighted by molar-refractivity contribution is -0.143. The molecule has 1 rings (SSSR count). The highest BCUT2D eigenvalue weighted by atomic mass is 16.4. The van der Waals surface area contributed by atoms with E-state index in [-0.39, 0.29) is 31.4 Å². The number of amides is 3. The molecule has 0 heterocycles. The Morgan fingerprint density at radius 2 is 1.45 bits per heavy atom. The van der Waals surface area contributed by atoms with E-state index in [1.807, 2.05) is 0 Å². The van der Waals surface area contributed by atoms with E-state index in [0.717, 1.165) is 0 Å². The summed E-state index contributed by atoms with van der Waals surface area (Å²) in [6.45, 7) is 0. The maximum Gasteiger partial charge on any atom is 0.326 e. The first-order valence-electron chi connectivity index (χ1n) is 9.36. The highest BCUT2D eigenvalue weighted by molar-refractivity contribution is 5.92. The highest BCUT2D eigenvalue weighted by Crippen LogP contribution is 2.12. The zero-order valence-electron chi connectivity index (χ0n) is 16.6. The van der Waals surface area contributed by atoms with Crippen LogP contribution in [0.25, 0.3) is 0 Å². The molecular weight excluding hydrogens is 412 g/mol. The molecule has 12 nitrogen and oxygen atoms in total. The molecule has 3 atom stereocenters. The second kappa shape index (κ2) is 12.1. The minimum atomic E-state index is -1.37. The van der Waals surface area contributed by atoms with E-state index < -0.39 is 54.2 Å². The molecule has 0 aliphatic heterocycles. The molecule has 0 aliphatic rings. The number of nitrogens with one attached hydrogen (secondary N) is 2. The third-order valence-electron chi connectivity index (χ3n) is 4.31. The van der Waals surface area contributed by atoms with Crippen LogP contribution in [0.3, 0.4) is 0 Å². The number of aromatic hydroxyl groups is 1. The van der Waals surface area contributed by atoms with Crippen molar-refractivity contribution in [2.24, 2.45) is 11.5 Å². The predicted octanol–water partition coefficient (Wildman–Crippen LogP) is -1.55. The lowest BCUT2D eigenvalue weighted by Crippen LogP contribution is -2.55. The minimum absolute atomic E-state index is 0.0104. The molecule has 1 aromatic carbocycles. The number of phenolic OH excluding ortho intramolecular Hbond substituents is 1. The molecular formula is C19H26N4O8. The van der Waals surface area contributed by atoms with E-state index in [0.29, 0.717) is 5.56 Å². The third kappa shape index (κ3) is 9.58. The monoisotopic (exact) mass is 438 g/mol. The number of primary amides is 1. The Bertz CT molecular complexity index is 812. The molecule has 0 saturated heterocycles. The average molecular weight is 438 g/mol. The minimum Gasteiger partial charge on any atom is -0.508 e. The van der Waals surface area contributed by atoms with Crippen molar-refractivity contribution in [2.45, 2.75) is 50.2 Å². The first-order chi connectivity index (χ1) is 14.5. The molecule has 0 unspecified atom stereocenters. The summed E-state index contributed by atoms with van der Waals surface area (Å²) in [6, 6.07) is 1.80. The third-order valence-corrected chi connectivity index (χ3v) is 4.31. The number of hydrogen-bond donors (Lipinski definition) is 7. The molecule has 12 heteroatoms. The number of aliphatic carboxylic acids is 2. The molecule has 0 saturated carbocycles. The Balaban J connectivity index is 2.86. The van der Waals surface area contributed by atoms with Crippen molar-refractivity contribution < 1.29 is 39.3 Å². The van der Waals surface area contributed by atoms with Crippen LogP contribution in [0.2, 0.25) is 0 Å². The van der Waals surface area contributed by atoms with Gasteiger partial charge in [-0.3, -0.25) is 19.2 Å². The van der Waals surface area contributed by atoms with E-state index in [9.17, 15) is 34.2 Å². The number of carbonyl (C=O) groups is 5. The number of nitrogens with two attached hydrogens (primary N) is 2. The molecule has 0 radical (unpaired) electrons. The SMILES string of the molecule is NC(=O)CC[C@H](N)C(=O)N[C@@H](CCC(=O)O)C(=O)N[C@@H](Cc1ccc(O)cc1)C(=O)O. The summed E-state index contributed by atoms with van der Waals surface area (Å²) in [5.41, 5.74) is 11.2. The second-order valence-corrected chi connectivity index (χ2v) is 6.88. The Labute approximate surface area is 177 Å². The van der Waals surface area contributed by atoms with Gasteiger partial charge in [-0.25, -0.2) is 4.79 Å². The van der Waals surface area contributed by atoms with Crippen molar-refractivity contribution in [1.82, 2.24) is 10.6 Å². The van der Waals surface area contributed by atoms with Crippen LogP contribution in [0, 0.1) is 0 Å². The van der Waals surface area contributed by atoms with Gasteiger partial charge in [0, 0.05) is 19.3 Å². The van der Waals surface area contributed by atoms with Gasteiger partial charge in [-0.05, 0) is 30.5 Å². The maximum absolute atomic E-state index is 12.6. The van der Waals surface area contributed by atoms with Crippen molar-refractivity contribution in [2.75, 3.05) is 0 Å². The first kappa shape index (κ1) is 25.4. The molecule has 1 aromatic rings. The van der Waals surface area contributed by atoms with Gasteiger partial charge in [0.25, 0.3) is 0 Å². The van der Waals surface area contributed by atoms with Gasteiger partial charge in [0.1, 0.15) is 17.8 Å². The second-order valence-electron chi connectivity index (χ2n) is 6.88. The standard InChI is InChI=1S/C19H26N4O8/c20-12(5-7-15(21)25)17(28)22-13(6-8-16(26)27)18(29)23-14(19(30)31)9-10-1-3-11(24)4-2-10/h1-4,12-14,24H,5-9,20H2,(H2,21,25)(H,22,28)(H,23,29)(H,26,27)(H,30,31)/t12-,13-,14-/m0/s1. The number of benzene rings is 1. The van der Waals surface area contributed by atoms with Crippen molar-refractivity contribution in [3.8, 4) is 5.75 Å². The van der Waals surface area contributed by atoms with E-state index >= 15 is 0 Å². The Morgan fingerprint density at radius 3 is 1.97 bits per heavy atom. The Hall–Kier alpha value is -3.67. The largest absolute Gasteiger partial charge is 0.508 e. The van der Waals surface area contributed by atoms with Crippen molar-refractivity contribution in [1.29, 1.82) is 0 Å². The number of hydrogen-bond acceptors (Lipinski definition) is 7. The zero-order chi connectivity index (χ0) is 23.6. The summed E-state index contributed by atoms with van der Waals surface area (Å²) < 4.78 is 0. The normalized spacial score (nSPS) is 13.5. The fraction of sp³-hybridized carbons (Fsp3) is 0.421. The number of carboxylic acids is 2. The van der Waals surface area contributed by atoms with Gasteiger partial charge in [0.15, 0.2) is 0 Å². The first-order valence-corrected chi connectivity index (χ1v) is 9.36. The molecule has 0 bridgehead atoms. The van der Waals surface area contributed by atoms with E-state index in [1.54, 1.807) is 0 Å². The summed E-state index contributed by atoms with van der Waals surface area (Å²) >= 11 is 0. The average Bonchev–Trinajstić information content (AvgIpc) is 2.69. The van der Waals surface area contributed by atoms with Gasteiger partial charge in [0.2, 0.25) is 17.7 Å². The van der Waals surface area contributed by atoms with E-state index in [2.05, 4.69) is 10.6 Å². The lowest BCUT2D eigenvalue weighted by Gasteiger charge is -2.22. The lowest BCUT2D eigenvalue weighted by atomic mass is 10.0. The van der Waals surface area contributed by atoms with E-state index in [1.165, 1.54) is 24.3 Å². The summed E-state index contributed by atoms with van der Waals surface area (Å²) in [7, 11) is 0. The van der Waals surface area contributed by atoms with Gasteiger partial charge in [-0.15, -0.1) is 0 Å². The number of phenols is 1. The molecule has 0 fully saturated rings. The maximum atomic E-state index is 12.6. The summed E-state index contributed by atoms with van der Waals surface area (Å²) in [4.78, 5) is 58.1. The highest BCUT2D eigenvalue weighted by Gasteiger charge is 2.28. The predicted molar refractivity (Wildman–Crippen MR) is 107 cm³/mol. The number of carbonyl (C=O) groups excluding carboxylic acids is 3. The van der Waals surface area contributed by atoms with Gasteiger partial charge in [-0.1, -0.05) is 12.1 Å². The van der Waals surface area contributed by atoms with Crippen molar-refractivity contribution in [3.63, 3.8) is 0 Å². The van der Waals surface area contributed by atoms with E-state index in [4.69, 9.17) is 16.6 Å².